The molecule has 1 saturated heterocycles. The average molecular weight is 334 g/mol. The summed E-state index contributed by atoms with van der Waals surface area (Å²) in [5, 5.41) is 0. The lowest BCUT2D eigenvalue weighted by Gasteiger charge is -2.25. The van der Waals surface area contributed by atoms with E-state index < -0.39 is 0 Å². The number of ether oxygens (including phenoxy) is 1. The van der Waals surface area contributed by atoms with Crippen LogP contribution in [-0.2, 0) is 4.74 Å². The van der Waals surface area contributed by atoms with Crippen LogP contribution in [0.25, 0.3) is 11.0 Å². The van der Waals surface area contributed by atoms with Crippen LogP contribution in [0, 0.1) is 0 Å². The summed E-state index contributed by atoms with van der Waals surface area (Å²) < 4.78 is 5.72. The molecule has 0 aliphatic carbocycles. The Balaban J connectivity index is 1.67. The van der Waals surface area contributed by atoms with Crippen LogP contribution in [-0.4, -0.2) is 40.1 Å². The fraction of sp³-hybridized carbons (Fsp3) is 0.263. The lowest BCUT2D eigenvalue weighted by Crippen LogP contribution is -2.38. The van der Waals surface area contributed by atoms with Crippen molar-refractivity contribution in [1.82, 2.24) is 15.0 Å². The Labute approximate surface area is 145 Å². The van der Waals surface area contributed by atoms with Crippen LogP contribution in [0.4, 0.5) is 5.69 Å². The Morgan fingerprint density at radius 3 is 2.72 bits per heavy atom. The van der Waals surface area contributed by atoms with E-state index in [-0.39, 0.29) is 12.0 Å². The van der Waals surface area contributed by atoms with Crippen LogP contribution in [0.3, 0.4) is 0 Å². The molecule has 1 aromatic carbocycles. The summed E-state index contributed by atoms with van der Waals surface area (Å²) in [6.07, 6.45) is 6.92. The molecule has 0 N–H and O–H groups in total. The smallest absolute Gasteiger partial charge is 0.278 e. The number of fused-ring (bicyclic) bond motifs is 1. The molecule has 0 bridgehead atoms. The van der Waals surface area contributed by atoms with Gasteiger partial charge in [-0.3, -0.25) is 14.8 Å². The zero-order valence-electron chi connectivity index (χ0n) is 13.7. The number of benzene rings is 1. The van der Waals surface area contributed by atoms with E-state index in [1.165, 1.54) is 6.20 Å². The normalized spacial score (nSPS) is 16.9. The first kappa shape index (κ1) is 15.7. The number of pyridine rings is 1. The fourth-order valence-electron chi connectivity index (χ4n) is 3.02. The number of hydrogen-bond donors (Lipinski definition) is 0. The molecular weight excluding hydrogens is 316 g/mol. The second-order valence-corrected chi connectivity index (χ2v) is 6.00. The Morgan fingerprint density at radius 2 is 1.96 bits per heavy atom. The summed E-state index contributed by atoms with van der Waals surface area (Å²) in [6, 6.07) is 11.2. The summed E-state index contributed by atoms with van der Waals surface area (Å²) in [5.41, 5.74) is 2.59. The molecule has 1 amide bonds. The van der Waals surface area contributed by atoms with Crippen molar-refractivity contribution in [2.24, 2.45) is 0 Å². The zero-order valence-corrected chi connectivity index (χ0v) is 13.7. The van der Waals surface area contributed by atoms with Crippen LogP contribution < -0.4 is 4.90 Å². The summed E-state index contributed by atoms with van der Waals surface area (Å²) in [4.78, 5) is 27.7. The van der Waals surface area contributed by atoms with Crippen LogP contribution in [0.5, 0.6) is 0 Å². The van der Waals surface area contributed by atoms with E-state index in [4.69, 9.17) is 4.74 Å². The third-order valence-corrected chi connectivity index (χ3v) is 4.30. The second-order valence-electron chi connectivity index (χ2n) is 6.00. The van der Waals surface area contributed by atoms with E-state index >= 15 is 0 Å². The van der Waals surface area contributed by atoms with Crippen LogP contribution in [0.15, 0.2) is 55.0 Å². The van der Waals surface area contributed by atoms with Crippen molar-refractivity contribution in [3.8, 4) is 0 Å². The van der Waals surface area contributed by atoms with Crippen molar-refractivity contribution < 1.29 is 9.53 Å². The number of rotatable bonds is 4. The summed E-state index contributed by atoms with van der Waals surface area (Å²) >= 11 is 0. The molecule has 1 atom stereocenters. The van der Waals surface area contributed by atoms with E-state index in [1.807, 2.05) is 36.4 Å². The number of aromatic nitrogens is 3. The lowest BCUT2D eigenvalue weighted by atomic mass is 10.2. The maximum atomic E-state index is 13.1. The van der Waals surface area contributed by atoms with Crippen LogP contribution in [0.2, 0.25) is 0 Å². The Morgan fingerprint density at radius 1 is 1.16 bits per heavy atom. The molecule has 4 rings (SSSR count). The van der Waals surface area contributed by atoms with Gasteiger partial charge in [0.1, 0.15) is 5.69 Å². The molecule has 0 radical (unpaired) electrons. The van der Waals surface area contributed by atoms with Crippen molar-refractivity contribution in [3.05, 3.63) is 60.7 Å². The van der Waals surface area contributed by atoms with Gasteiger partial charge in [-0.05, 0) is 37.1 Å². The molecule has 0 unspecified atom stereocenters. The molecule has 1 aliphatic heterocycles. The first-order valence-corrected chi connectivity index (χ1v) is 8.36. The topological polar surface area (TPSA) is 68.2 Å². The van der Waals surface area contributed by atoms with Gasteiger partial charge < -0.3 is 9.64 Å². The highest BCUT2D eigenvalue weighted by molar-refractivity contribution is 6.05. The molecule has 2 aromatic heterocycles. The Bertz CT molecular complexity index is 879. The molecule has 6 nitrogen and oxygen atoms in total. The minimum atomic E-state index is -0.181. The fourth-order valence-corrected chi connectivity index (χ4v) is 3.02. The molecule has 1 fully saturated rings. The number of anilines is 1. The monoisotopic (exact) mass is 334 g/mol. The maximum Gasteiger partial charge on any atom is 0.278 e. The van der Waals surface area contributed by atoms with Crippen molar-refractivity contribution in [2.75, 3.05) is 18.1 Å². The van der Waals surface area contributed by atoms with Crippen LogP contribution >= 0.6 is 0 Å². The molecule has 6 heteroatoms. The molecule has 3 aromatic rings. The van der Waals surface area contributed by atoms with Gasteiger partial charge in [-0.15, -0.1) is 0 Å². The van der Waals surface area contributed by atoms with E-state index in [1.54, 1.807) is 17.3 Å². The highest BCUT2D eigenvalue weighted by Gasteiger charge is 2.25. The summed E-state index contributed by atoms with van der Waals surface area (Å²) in [5.74, 6) is -0.181. The standard InChI is InChI=1S/C19H18N4O2/c24-19(18-12-21-16-5-1-2-6-17(16)22-18)23(13-15-4-3-11-25-15)14-7-9-20-10-8-14/h1-2,5-10,12,15H,3-4,11,13H2/t15-/m1/s1. The molecule has 0 spiro atoms. The predicted octanol–water partition coefficient (Wildman–Crippen LogP) is 2.85. The number of nitrogens with zero attached hydrogens (tertiary/aromatic N) is 4. The van der Waals surface area contributed by atoms with E-state index in [0.717, 1.165) is 30.7 Å². The molecule has 0 saturated carbocycles. The molecule has 3 heterocycles. The van der Waals surface area contributed by atoms with Gasteiger partial charge in [0.25, 0.3) is 5.91 Å². The number of carbonyl (C=O) groups excluding carboxylic acids is 1. The molecule has 1 aliphatic rings. The third-order valence-electron chi connectivity index (χ3n) is 4.30. The van der Waals surface area contributed by atoms with Gasteiger partial charge in [0.05, 0.1) is 29.9 Å². The van der Waals surface area contributed by atoms with Crippen LogP contribution in [0.1, 0.15) is 23.3 Å². The third kappa shape index (κ3) is 3.34. The first-order chi connectivity index (χ1) is 12.3. The van der Waals surface area contributed by atoms with Gasteiger partial charge in [0.15, 0.2) is 0 Å². The van der Waals surface area contributed by atoms with E-state index in [0.29, 0.717) is 17.8 Å². The molecule has 25 heavy (non-hydrogen) atoms. The number of para-hydroxylation sites is 2. The number of amides is 1. The van der Waals surface area contributed by atoms with Crippen molar-refractivity contribution in [2.45, 2.75) is 18.9 Å². The highest BCUT2D eigenvalue weighted by atomic mass is 16.5. The van der Waals surface area contributed by atoms with Crippen molar-refractivity contribution >= 4 is 22.6 Å². The van der Waals surface area contributed by atoms with Gasteiger partial charge in [0.2, 0.25) is 0 Å². The minimum Gasteiger partial charge on any atom is -0.376 e. The molecular formula is C19H18N4O2. The molecule has 126 valence electrons. The van der Waals surface area contributed by atoms with Crippen molar-refractivity contribution in [3.63, 3.8) is 0 Å². The maximum absolute atomic E-state index is 13.1. The van der Waals surface area contributed by atoms with E-state index in [9.17, 15) is 4.79 Å². The van der Waals surface area contributed by atoms with Gasteiger partial charge in [0, 0.05) is 24.7 Å². The first-order valence-electron chi connectivity index (χ1n) is 8.36. The largest absolute Gasteiger partial charge is 0.376 e. The second kappa shape index (κ2) is 6.94. The minimum absolute atomic E-state index is 0.0468. The van der Waals surface area contributed by atoms with Gasteiger partial charge in [-0.2, -0.15) is 0 Å². The van der Waals surface area contributed by atoms with Gasteiger partial charge in [-0.25, -0.2) is 4.98 Å². The number of carbonyl (C=O) groups is 1. The summed E-state index contributed by atoms with van der Waals surface area (Å²) in [7, 11) is 0. The average Bonchev–Trinajstić information content (AvgIpc) is 3.19. The Hall–Kier alpha value is -2.86. The quantitative estimate of drug-likeness (QED) is 0.734. The summed E-state index contributed by atoms with van der Waals surface area (Å²) in [6.45, 7) is 1.25. The zero-order chi connectivity index (χ0) is 17.1. The Kier molecular flexibility index (Phi) is 4.35. The lowest BCUT2D eigenvalue weighted by molar-refractivity contribution is 0.0913. The van der Waals surface area contributed by atoms with Crippen molar-refractivity contribution in [1.29, 1.82) is 0 Å². The van der Waals surface area contributed by atoms with E-state index in [2.05, 4.69) is 15.0 Å². The van der Waals surface area contributed by atoms with Gasteiger partial charge in [-0.1, -0.05) is 12.1 Å². The van der Waals surface area contributed by atoms with Gasteiger partial charge >= 0.3 is 0 Å². The predicted molar refractivity (Wildman–Crippen MR) is 94.4 cm³/mol. The number of hydrogen-bond acceptors (Lipinski definition) is 5. The SMILES string of the molecule is O=C(c1cnc2ccccc2n1)N(C[C@H]1CCCO1)c1ccncc1. The highest BCUT2D eigenvalue weighted by Crippen LogP contribution is 2.21.